The molecule has 1 saturated heterocycles. The number of hydrogen-bond acceptors (Lipinski definition) is 5. The zero-order valence-electron chi connectivity index (χ0n) is 14.0. The number of carbonyl (C=O) groups excluding carboxylic acids is 1. The molecule has 1 aromatic rings. The highest BCUT2D eigenvalue weighted by Gasteiger charge is 2.31. The van der Waals surface area contributed by atoms with Crippen molar-refractivity contribution in [2.75, 3.05) is 26.7 Å². The number of hydrogen-bond donors (Lipinski definition) is 2. The zero-order chi connectivity index (χ0) is 17.8. The average molecular weight is 347 g/mol. The highest BCUT2D eigenvalue weighted by Crippen LogP contribution is 2.20. The summed E-state index contributed by atoms with van der Waals surface area (Å²) < 4.78 is 5.13. The van der Waals surface area contributed by atoms with E-state index >= 15 is 0 Å². The number of carboxylic acid groups (broad SMARTS) is 1. The van der Waals surface area contributed by atoms with Gasteiger partial charge in [-0.1, -0.05) is 5.16 Å². The van der Waals surface area contributed by atoms with Crippen LogP contribution in [-0.4, -0.2) is 60.6 Å². The maximum Gasteiger partial charge on any atom is 0.317 e. The van der Waals surface area contributed by atoms with E-state index in [0.717, 1.165) is 17.0 Å². The number of benzene rings is 1. The molecule has 8 heteroatoms. The molecule has 0 aliphatic carbocycles. The third-order valence-corrected chi connectivity index (χ3v) is 4.46. The molecule has 25 heavy (non-hydrogen) atoms. The second kappa shape index (κ2) is 7.42. The van der Waals surface area contributed by atoms with Crippen molar-refractivity contribution in [3.63, 3.8) is 0 Å². The maximum absolute atomic E-state index is 12.1. The van der Waals surface area contributed by atoms with Crippen LogP contribution in [0.15, 0.2) is 29.4 Å². The number of carboxylic acids is 1. The van der Waals surface area contributed by atoms with E-state index < -0.39 is 11.9 Å². The number of nitrogens with zero attached hydrogens (tertiary/aromatic N) is 2. The summed E-state index contributed by atoms with van der Waals surface area (Å²) in [5.74, 6) is -0.553. The lowest BCUT2D eigenvalue weighted by atomic mass is 10.0. The Morgan fingerprint density at radius 2 is 2.16 bits per heavy atom. The SMILES string of the molecule is COc1ccc(C2=NOC(CNC(=O)N3CCC(C(=O)O)C3)C2)cc1. The Hall–Kier alpha value is -2.77. The molecule has 2 aliphatic rings. The van der Waals surface area contributed by atoms with E-state index in [1.807, 2.05) is 24.3 Å². The normalized spacial score (nSPS) is 22.3. The summed E-state index contributed by atoms with van der Waals surface area (Å²) in [5.41, 5.74) is 1.78. The maximum atomic E-state index is 12.1. The number of aliphatic carboxylic acids is 1. The summed E-state index contributed by atoms with van der Waals surface area (Å²) >= 11 is 0. The molecular formula is C17H21N3O5. The minimum absolute atomic E-state index is 0.223. The van der Waals surface area contributed by atoms with Gasteiger partial charge in [-0.3, -0.25) is 4.79 Å². The molecule has 0 saturated carbocycles. The van der Waals surface area contributed by atoms with Gasteiger partial charge < -0.3 is 24.9 Å². The number of carbonyl (C=O) groups is 2. The first kappa shape index (κ1) is 17.1. The molecule has 2 aliphatic heterocycles. The van der Waals surface area contributed by atoms with Gasteiger partial charge in [-0.15, -0.1) is 0 Å². The van der Waals surface area contributed by atoms with Crippen LogP contribution in [0.2, 0.25) is 0 Å². The average Bonchev–Trinajstić information content (AvgIpc) is 3.29. The third-order valence-electron chi connectivity index (χ3n) is 4.46. The largest absolute Gasteiger partial charge is 0.497 e. The van der Waals surface area contributed by atoms with Crippen LogP contribution in [0.25, 0.3) is 0 Å². The summed E-state index contributed by atoms with van der Waals surface area (Å²) in [5, 5.41) is 15.9. The summed E-state index contributed by atoms with van der Waals surface area (Å²) in [4.78, 5) is 30.0. The highest BCUT2D eigenvalue weighted by atomic mass is 16.6. The molecule has 134 valence electrons. The Balaban J connectivity index is 1.45. The minimum atomic E-state index is -0.855. The molecular weight excluding hydrogens is 326 g/mol. The number of nitrogens with one attached hydrogen (secondary N) is 1. The van der Waals surface area contributed by atoms with Crippen molar-refractivity contribution >= 4 is 17.7 Å². The fraction of sp³-hybridized carbons (Fsp3) is 0.471. The Morgan fingerprint density at radius 3 is 2.80 bits per heavy atom. The van der Waals surface area contributed by atoms with Gasteiger partial charge in [0.2, 0.25) is 0 Å². The summed E-state index contributed by atoms with van der Waals surface area (Å²) in [6, 6.07) is 7.29. The van der Waals surface area contributed by atoms with Gasteiger partial charge in [0.15, 0.2) is 6.10 Å². The van der Waals surface area contributed by atoms with Crippen LogP contribution in [0.1, 0.15) is 18.4 Å². The Morgan fingerprint density at radius 1 is 1.40 bits per heavy atom. The summed E-state index contributed by atoms with van der Waals surface area (Å²) in [7, 11) is 1.61. The Bertz CT molecular complexity index is 673. The number of rotatable bonds is 5. The molecule has 8 nitrogen and oxygen atoms in total. The first-order valence-corrected chi connectivity index (χ1v) is 8.19. The van der Waals surface area contributed by atoms with Gasteiger partial charge in [-0.2, -0.15) is 0 Å². The first-order valence-electron chi connectivity index (χ1n) is 8.19. The molecule has 1 fully saturated rings. The highest BCUT2D eigenvalue weighted by molar-refractivity contribution is 6.01. The second-order valence-electron chi connectivity index (χ2n) is 6.15. The van der Waals surface area contributed by atoms with Crippen LogP contribution in [0.4, 0.5) is 4.79 Å². The molecule has 0 spiro atoms. The summed E-state index contributed by atoms with van der Waals surface area (Å²) in [6.45, 7) is 1.04. The van der Waals surface area contributed by atoms with Crippen molar-refractivity contribution in [1.29, 1.82) is 0 Å². The molecule has 2 atom stereocenters. The van der Waals surface area contributed by atoms with Gasteiger partial charge in [0.1, 0.15) is 5.75 Å². The van der Waals surface area contributed by atoms with E-state index in [2.05, 4.69) is 10.5 Å². The van der Waals surface area contributed by atoms with Crippen molar-refractivity contribution in [3.8, 4) is 5.75 Å². The number of methoxy groups -OCH3 is 1. The standard InChI is InChI=1S/C17H21N3O5/c1-24-13-4-2-11(3-5-13)15-8-14(25-19-15)9-18-17(23)20-7-6-12(10-20)16(21)22/h2-5,12,14H,6-10H2,1H3,(H,18,23)(H,21,22). The molecule has 0 aromatic heterocycles. The predicted molar refractivity (Wildman–Crippen MR) is 89.7 cm³/mol. The molecule has 0 radical (unpaired) electrons. The minimum Gasteiger partial charge on any atom is -0.497 e. The Kier molecular flexibility index (Phi) is 5.06. The van der Waals surface area contributed by atoms with Crippen molar-refractivity contribution in [2.24, 2.45) is 11.1 Å². The van der Waals surface area contributed by atoms with Crippen LogP contribution in [-0.2, 0) is 9.63 Å². The lowest BCUT2D eigenvalue weighted by Crippen LogP contribution is -2.42. The van der Waals surface area contributed by atoms with E-state index in [4.69, 9.17) is 14.7 Å². The van der Waals surface area contributed by atoms with Crippen molar-refractivity contribution in [2.45, 2.75) is 18.9 Å². The number of oxime groups is 1. The van der Waals surface area contributed by atoms with Crippen LogP contribution in [0.5, 0.6) is 5.75 Å². The molecule has 1 aromatic carbocycles. The molecule has 2 amide bonds. The topological polar surface area (TPSA) is 100 Å². The number of ether oxygens (including phenoxy) is 1. The van der Waals surface area contributed by atoms with Crippen molar-refractivity contribution < 1.29 is 24.3 Å². The monoisotopic (exact) mass is 347 g/mol. The zero-order valence-corrected chi connectivity index (χ0v) is 14.0. The molecule has 2 N–H and O–H groups in total. The van der Waals surface area contributed by atoms with Gasteiger partial charge in [0, 0.05) is 19.5 Å². The quantitative estimate of drug-likeness (QED) is 0.836. The first-order chi connectivity index (χ1) is 12.1. The molecule has 2 unspecified atom stereocenters. The van der Waals surface area contributed by atoms with Crippen LogP contribution in [0.3, 0.4) is 0 Å². The van der Waals surface area contributed by atoms with Crippen molar-refractivity contribution in [1.82, 2.24) is 10.2 Å². The van der Waals surface area contributed by atoms with E-state index in [-0.39, 0.29) is 18.7 Å². The van der Waals surface area contributed by atoms with Gasteiger partial charge in [0.25, 0.3) is 0 Å². The lowest BCUT2D eigenvalue weighted by Gasteiger charge is -2.18. The van der Waals surface area contributed by atoms with E-state index in [1.54, 1.807) is 7.11 Å². The fourth-order valence-electron chi connectivity index (χ4n) is 2.95. The molecule has 3 rings (SSSR count). The predicted octanol–water partition coefficient (Wildman–Crippen LogP) is 1.30. The number of likely N-dealkylation sites (tertiary alicyclic amines) is 1. The van der Waals surface area contributed by atoms with E-state index in [0.29, 0.717) is 25.9 Å². The van der Waals surface area contributed by atoms with Crippen molar-refractivity contribution in [3.05, 3.63) is 29.8 Å². The smallest absolute Gasteiger partial charge is 0.317 e. The molecule has 2 heterocycles. The van der Waals surface area contributed by atoms with Crippen LogP contribution in [0, 0.1) is 5.92 Å². The number of amides is 2. The summed E-state index contributed by atoms with van der Waals surface area (Å²) in [6.07, 6.45) is 0.872. The fourth-order valence-corrected chi connectivity index (χ4v) is 2.95. The van der Waals surface area contributed by atoms with Crippen LogP contribution >= 0.6 is 0 Å². The second-order valence-corrected chi connectivity index (χ2v) is 6.15. The van der Waals surface area contributed by atoms with E-state index in [1.165, 1.54) is 4.90 Å². The molecule has 0 bridgehead atoms. The van der Waals surface area contributed by atoms with E-state index in [9.17, 15) is 9.59 Å². The lowest BCUT2D eigenvalue weighted by molar-refractivity contribution is -0.141. The van der Waals surface area contributed by atoms with Gasteiger partial charge in [0.05, 0.1) is 25.3 Å². The van der Waals surface area contributed by atoms with Gasteiger partial charge in [-0.05, 0) is 36.2 Å². The number of urea groups is 1. The third kappa shape index (κ3) is 4.01. The van der Waals surface area contributed by atoms with Crippen LogP contribution < -0.4 is 10.1 Å². The van der Waals surface area contributed by atoms with Gasteiger partial charge in [-0.25, -0.2) is 4.79 Å². The Labute approximate surface area is 145 Å². The van der Waals surface area contributed by atoms with Gasteiger partial charge >= 0.3 is 12.0 Å².